The van der Waals surface area contributed by atoms with Gasteiger partial charge < -0.3 is 14.6 Å². The Morgan fingerprint density at radius 3 is 1.84 bits per heavy atom. The summed E-state index contributed by atoms with van der Waals surface area (Å²) in [6, 6.07) is 1.83. The van der Waals surface area contributed by atoms with Gasteiger partial charge in [-0.1, -0.05) is 0 Å². The molecule has 31 heavy (non-hydrogen) atoms. The van der Waals surface area contributed by atoms with Crippen LogP contribution in [0.1, 0.15) is 47.8 Å². The summed E-state index contributed by atoms with van der Waals surface area (Å²) in [6.07, 6.45) is -12.1. The van der Waals surface area contributed by atoms with Crippen molar-refractivity contribution in [3.63, 3.8) is 0 Å². The molecule has 1 N–H and O–H groups in total. The van der Waals surface area contributed by atoms with Gasteiger partial charge in [-0.05, 0) is 36.8 Å². The first kappa shape index (κ1) is 20.7. The number of cyclic esters (lactones) is 2. The van der Waals surface area contributed by atoms with Gasteiger partial charge in [0.25, 0.3) is 0 Å². The van der Waals surface area contributed by atoms with Crippen molar-refractivity contribution in [3.05, 3.63) is 57.6 Å². The summed E-state index contributed by atoms with van der Waals surface area (Å²) in [6.45, 7) is 1.17. The topological polar surface area (TPSA) is 89.9 Å². The van der Waals surface area contributed by atoms with Crippen LogP contribution >= 0.6 is 0 Å². The Kier molecular flexibility index (Phi) is 4.00. The molecular formula is C19H8F6O6. The fourth-order valence-electron chi connectivity index (χ4n) is 3.81. The van der Waals surface area contributed by atoms with Gasteiger partial charge in [-0.3, -0.25) is 0 Å². The van der Waals surface area contributed by atoms with Gasteiger partial charge in [0.15, 0.2) is 0 Å². The van der Waals surface area contributed by atoms with E-state index < -0.39 is 75.0 Å². The largest absolute Gasteiger partial charge is 0.478 e. The minimum absolute atomic E-state index is 0.149. The normalized spacial score (nSPS) is 16.7. The second kappa shape index (κ2) is 5.99. The van der Waals surface area contributed by atoms with Crippen molar-refractivity contribution in [1.29, 1.82) is 0 Å². The summed E-state index contributed by atoms with van der Waals surface area (Å²) in [7, 11) is 0. The van der Waals surface area contributed by atoms with Crippen molar-refractivity contribution in [2.45, 2.75) is 24.7 Å². The van der Waals surface area contributed by atoms with Crippen LogP contribution in [0.25, 0.3) is 0 Å². The number of esters is 2. The molecule has 2 aliphatic heterocycles. The van der Waals surface area contributed by atoms with Crippen LogP contribution in [0.15, 0.2) is 24.3 Å². The summed E-state index contributed by atoms with van der Waals surface area (Å²) >= 11 is 0. The first-order valence-electron chi connectivity index (χ1n) is 8.35. The standard InChI is InChI=1S/C19H8F6O6/c1-6-2-12-10(3-7(6)14(26)27)17(18(20,21)22,19(23,24)25)11-4-8-9(5-13(11)30-12)16(29)31-15(8)28/h2-5H,1H3,(H,26,27). The number of ether oxygens (including phenoxy) is 2. The average molecular weight is 446 g/mol. The summed E-state index contributed by atoms with van der Waals surface area (Å²) in [4.78, 5) is 34.9. The molecule has 0 saturated carbocycles. The first-order chi connectivity index (χ1) is 14.2. The molecule has 2 aliphatic rings. The van der Waals surface area contributed by atoms with Gasteiger partial charge in [0.05, 0.1) is 16.7 Å². The number of carbonyl (C=O) groups is 3. The van der Waals surface area contributed by atoms with Crippen molar-refractivity contribution < 1.29 is 55.3 Å². The Labute approximate surface area is 168 Å². The van der Waals surface area contributed by atoms with Crippen LogP contribution < -0.4 is 4.74 Å². The highest BCUT2D eigenvalue weighted by Gasteiger charge is 2.75. The van der Waals surface area contributed by atoms with Crippen LogP contribution in [0.5, 0.6) is 11.5 Å². The zero-order chi connectivity index (χ0) is 23.1. The molecule has 0 bridgehead atoms. The number of halogens is 6. The minimum Gasteiger partial charge on any atom is -0.478 e. The second-order valence-corrected chi connectivity index (χ2v) is 6.89. The fraction of sp³-hybridized carbons (Fsp3) is 0.211. The molecule has 0 aromatic heterocycles. The van der Waals surface area contributed by atoms with Crippen LogP contribution in [-0.2, 0) is 10.2 Å². The van der Waals surface area contributed by atoms with Gasteiger partial charge >= 0.3 is 30.3 Å². The third-order valence-corrected chi connectivity index (χ3v) is 5.18. The Bertz CT molecular complexity index is 1180. The summed E-state index contributed by atoms with van der Waals surface area (Å²) in [5, 5.41) is 9.23. The van der Waals surface area contributed by atoms with E-state index in [2.05, 4.69) is 4.74 Å². The Balaban J connectivity index is 2.19. The number of alkyl halides is 6. The number of carboxylic acid groups (broad SMARTS) is 1. The molecule has 6 nitrogen and oxygen atoms in total. The van der Waals surface area contributed by atoms with E-state index in [4.69, 9.17) is 4.74 Å². The fourth-order valence-corrected chi connectivity index (χ4v) is 3.81. The minimum atomic E-state index is -6.04. The Morgan fingerprint density at radius 2 is 1.32 bits per heavy atom. The molecule has 2 heterocycles. The number of fused-ring (bicyclic) bond motifs is 3. The Hall–Kier alpha value is -3.57. The molecular weight excluding hydrogens is 438 g/mol. The first-order valence-corrected chi connectivity index (χ1v) is 8.35. The molecule has 4 rings (SSSR count). The highest BCUT2D eigenvalue weighted by molar-refractivity contribution is 6.15. The quantitative estimate of drug-likeness (QED) is 0.394. The van der Waals surface area contributed by atoms with Crippen molar-refractivity contribution in [2.75, 3.05) is 0 Å². The summed E-state index contributed by atoms with van der Waals surface area (Å²) < 4.78 is 95.3. The molecule has 162 valence electrons. The highest BCUT2D eigenvalue weighted by atomic mass is 19.4. The molecule has 0 fully saturated rings. The number of aryl methyl sites for hydroxylation is 1. The second-order valence-electron chi connectivity index (χ2n) is 6.89. The lowest BCUT2D eigenvalue weighted by molar-refractivity contribution is -0.290. The Morgan fingerprint density at radius 1 is 0.839 bits per heavy atom. The van der Waals surface area contributed by atoms with E-state index >= 15 is 0 Å². The summed E-state index contributed by atoms with van der Waals surface area (Å²) in [5.74, 6) is -6.26. The van der Waals surface area contributed by atoms with Gasteiger partial charge in [-0.25, -0.2) is 14.4 Å². The SMILES string of the molecule is Cc1cc2c(cc1C(=O)O)C(C(F)(F)F)(C(F)(F)F)c1cc3c(cc1O2)C(=O)OC3=O. The highest BCUT2D eigenvalue weighted by Crippen LogP contribution is 2.63. The van der Waals surface area contributed by atoms with Crippen LogP contribution in [0, 0.1) is 6.92 Å². The number of hydrogen-bond acceptors (Lipinski definition) is 5. The lowest BCUT2D eigenvalue weighted by Crippen LogP contribution is -2.56. The molecule has 0 spiro atoms. The van der Waals surface area contributed by atoms with Gasteiger partial charge in [-0.15, -0.1) is 0 Å². The van der Waals surface area contributed by atoms with Gasteiger partial charge in [0, 0.05) is 11.1 Å². The molecule has 0 amide bonds. The molecule has 12 heteroatoms. The van der Waals surface area contributed by atoms with Gasteiger partial charge in [-0.2, -0.15) is 26.3 Å². The number of rotatable bonds is 1. The lowest BCUT2D eigenvalue weighted by Gasteiger charge is -2.42. The maximum atomic E-state index is 14.3. The smallest absolute Gasteiger partial charge is 0.411 e. The van der Waals surface area contributed by atoms with E-state index in [0.717, 1.165) is 6.07 Å². The molecule has 0 atom stereocenters. The maximum Gasteiger partial charge on any atom is 0.411 e. The number of carboxylic acids is 1. The van der Waals surface area contributed by atoms with Crippen LogP contribution in [0.3, 0.4) is 0 Å². The zero-order valence-electron chi connectivity index (χ0n) is 15.1. The van der Waals surface area contributed by atoms with Crippen molar-refractivity contribution in [1.82, 2.24) is 0 Å². The lowest BCUT2D eigenvalue weighted by atomic mass is 9.69. The van der Waals surface area contributed by atoms with E-state index in [-0.39, 0.29) is 17.7 Å². The molecule has 0 saturated heterocycles. The van der Waals surface area contributed by atoms with E-state index in [0.29, 0.717) is 6.07 Å². The monoisotopic (exact) mass is 446 g/mol. The van der Waals surface area contributed by atoms with Crippen LogP contribution in [0.4, 0.5) is 26.3 Å². The predicted molar refractivity (Wildman–Crippen MR) is 87.3 cm³/mol. The zero-order valence-corrected chi connectivity index (χ0v) is 15.1. The third-order valence-electron chi connectivity index (χ3n) is 5.18. The van der Waals surface area contributed by atoms with E-state index in [1.54, 1.807) is 0 Å². The molecule has 0 radical (unpaired) electrons. The van der Waals surface area contributed by atoms with E-state index in [9.17, 15) is 45.8 Å². The van der Waals surface area contributed by atoms with Gasteiger partial charge in [0.2, 0.25) is 5.41 Å². The maximum absolute atomic E-state index is 14.3. The third kappa shape index (κ3) is 2.56. The van der Waals surface area contributed by atoms with E-state index in [1.165, 1.54) is 6.92 Å². The van der Waals surface area contributed by atoms with Gasteiger partial charge in [0.1, 0.15) is 11.5 Å². The average Bonchev–Trinajstić information content (AvgIpc) is 2.88. The number of hydrogen-bond donors (Lipinski definition) is 1. The summed E-state index contributed by atoms with van der Waals surface area (Å²) in [5.41, 5.74) is -10.0. The number of carbonyl (C=O) groups excluding carboxylic acids is 2. The molecule has 0 unspecified atom stereocenters. The molecule has 0 aliphatic carbocycles. The van der Waals surface area contributed by atoms with Crippen LogP contribution in [0.2, 0.25) is 0 Å². The predicted octanol–water partition coefficient (Wildman–Crippen LogP) is 4.52. The van der Waals surface area contributed by atoms with E-state index in [1.807, 2.05) is 0 Å². The number of benzene rings is 2. The van der Waals surface area contributed by atoms with Crippen molar-refractivity contribution >= 4 is 17.9 Å². The number of aromatic carboxylic acids is 1. The molecule has 2 aromatic rings. The van der Waals surface area contributed by atoms with Crippen molar-refractivity contribution in [3.8, 4) is 11.5 Å². The van der Waals surface area contributed by atoms with Crippen molar-refractivity contribution in [2.24, 2.45) is 0 Å². The van der Waals surface area contributed by atoms with Crippen LogP contribution in [-0.4, -0.2) is 35.4 Å². The molecule has 2 aromatic carbocycles.